The van der Waals surface area contributed by atoms with Gasteiger partial charge in [0.15, 0.2) is 0 Å². The molecule has 0 bridgehead atoms. The van der Waals surface area contributed by atoms with Crippen molar-refractivity contribution in [3.8, 4) is 0 Å². The Labute approximate surface area is 122 Å². The molecular formula is C14H8ClF4NO. The molecule has 1 N–H and O–H groups in total. The maximum absolute atomic E-state index is 13.6. The summed E-state index contributed by atoms with van der Waals surface area (Å²) in [5.74, 6) is -2.06. The van der Waals surface area contributed by atoms with Crippen molar-refractivity contribution in [2.24, 2.45) is 0 Å². The Morgan fingerprint density at radius 1 is 1.10 bits per heavy atom. The Kier molecular flexibility index (Phi) is 4.18. The van der Waals surface area contributed by atoms with Crippen molar-refractivity contribution in [2.45, 2.75) is 6.18 Å². The first-order valence-corrected chi connectivity index (χ1v) is 6.09. The highest BCUT2D eigenvalue weighted by atomic mass is 35.5. The number of carbonyl (C=O) groups is 1. The van der Waals surface area contributed by atoms with E-state index in [1.54, 1.807) is 12.1 Å². The molecule has 0 aromatic heterocycles. The average molecular weight is 318 g/mol. The predicted molar refractivity (Wildman–Crippen MR) is 70.8 cm³/mol. The van der Waals surface area contributed by atoms with E-state index in [0.29, 0.717) is 18.2 Å². The van der Waals surface area contributed by atoms with Crippen molar-refractivity contribution in [3.63, 3.8) is 0 Å². The number of rotatable bonds is 2. The number of hydrogen-bond acceptors (Lipinski definition) is 1. The van der Waals surface area contributed by atoms with E-state index in [4.69, 9.17) is 11.6 Å². The molecule has 0 unspecified atom stereocenters. The lowest BCUT2D eigenvalue weighted by Gasteiger charge is -2.11. The summed E-state index contributed by atoms with van der Waals surface area (Å²) in [6, 6.07) is 7.76. The minimum Gasteiger partial charge on any atom is -0.321 e. The first kappa shape index (κ1) is 15.3. The third-order valence-electron chi connectivity index (χ3n) is 2.66. The highest BCUT2D eigenvalue weighted by Gasteiger charge is 2.32. The van der Waals surface area contributed by atoms with Gasteiger partial charge in [-0.1, -0.05) is 23.7 Å². The second-order valence-electron chi connectivity index (χ2n) is 4.13. The molecule has 0 heterocycles. The molecule has 21 heavy (non-hydrogen) atoms. The quantitative estimate of drug-likeness (QED) is 0.796. The minimum atomic E-state index is -4.66. The van der Waals surface area contributed by atoms with E-state index in [1.807, 2.05) is 0 Å². The van der Waals surface area contributed by atoms with Gasteiger partial charge in [0.05, 0.1) is 21.8 Å². The number of benzene rings is 2. The number of alkyl halides is 3. The minimum absolute atomic E-state index is 0.181. The number of nitrogens with one attached hydrogen (secondary N) is 1. The molecule has 0 aliphatic carbocycles. The topological polar surface area (TPSA) is 29.1 Å². The Morgan fingerprint density at radius 2 is 1.76 bits per heavy atom. The summed E-state index contributed by atoms with van der Waals surface area (Å²) < 4.78 is 51.3. The van der Waals surface area contributed by atoms with Gasteiger partial charge in [-0.15, -0.1) is 0 Å². The summed E-state index contributed by atoms with van der Waals surface area (Å²) in [4.78, 5) is 11.9. The second-order valence-corrected chi connectivity index (χ2v) is 4.53. The van der Waals surface area contributed by atoms with Crippen LogP contribution >= 0.6 is 11.6 Å². The SMILES string of the molecule is O=C(Nc1ccccc1Cl)c1cc(C(F)(F)F)ccc1F. The standard InChI is InChI=1S/C14H8ClF4NO/c15-10-3-1-2-4-12(10)20-13(21)9-7-8(14(17,18)19)5-6-11(9)16/h1-7H,(H,20,21). The van der Waals surface area contributed by atoms with E-state index in [9.17, 15) is 22.4 Å². The van der Waals surface area contributed by atoms with Crippen molar-refractivity contribution in [2.75, 3.05) is 5.32 Å². The molecule has 0 aliphatic heterocycles. The van der Waals surface area contributed by atoms with E-state index >= 15 is 0 Å². The number of anilines is 1. The van der Waals surface area contributed by atoms with Crippen molar-refractivity contribution in [3.05, 3.63) is 64.4 Å². The molecular weight excluding hydrogens is 310 g/mol. The van der Waals surface area contributed by atoms with E-state index in [0.717, 1.165) is 0 Å². The molecule has 7 heteroatoms. The molecule has 0 fully saturated rings. The molecule has 0 aliphatic rings. The number of amides is 1. The van der Waals surface area contributed by atoms with Crippen LogP contribution in [0.5, 0.6) is 0 Å². The monoisotopic (exact) mass is 317 g/mol. The molecule has 0 saturated carbocycles. The van der Waals surface area contributed by atoms with Crippen LogP contribution < -0.4 is 5.32 Å². The van der Waals surface area contributed by atoms with Gasteiger partial charge >= 0.3 is 6.18 Å². The fourth-order valence-corrected chi connectivity index (χ4v) is 1.81. The van der Waals surface area contributed by atoms with Crippen molar-refractivity contribution in [1.29, 1.82) is 0 Å². The smallest absolute Gasteiger partial charge is 0.321 e. The molecule has 2 aromatic carbocycles. The summed E-state index contributed by atoms with van der Waals surface area (Å²) in [7, 11) is 0. The molecule has 2 aromatic rings. The molecule has 110 valence electrons. The summed E-state index contributed by atoms with van der Waals surface area (Å²) >= 11 is 5.81. The highest BCUT2D eigenvalue weighted by molar-refractivity contribution is 6.33. The van der Waals surface area contributed by atoms with Crippen LogP contribution in [-0.4, -0.2) is 5.91 Å². The van der Waals surface area contributed by atoms with Gasteiger partial charge in [0.25, 0.3) is 5.91 Å². The lowest BCUT2D eigenvalue weighted by molar-refractivity contribution is -0.137. The molecule has 2 rings (SSSR count). The van der Waals surface area contributed by atoms with Crippen LogP contribution in [0.2, 0.25) is 5.02 Å². The van der Waals surface area contributed by atoms with E-state index in [2.05, 4.69) is 5.32 Å². The number of halogens is 5. The number of para-hydroxylation sites is 1. The predicted octanol–water partition coefficient (Wildman–Crippen LogP) is 4.75. The van der Waals surface area contributed by atoms with Gasteiger partial charge in [-0.3, -0.25) is 4.79 Å². The normalized spacial score (nSPS) is 11.3. The molecule has 0 atom stereocenters. The van der Waals surface area contributed by atoms with Gasteiger partial charge in [0.2, 0.25) is 0 Å². The van der Waals surface area contributed by atoms with Gasteiger partial charge in [-0.2, -0.15) is 13.2 Å². The number of carbonyl (C=O) groups excluding carboxylic acids is 1. The third kappa shape index (κ3) is 3.52. The second kappa shape index (κ2) is 5.73. The lowest BCUT2D eigenvalue weighted by atomic mass is 10.1. The number of hydrogen-bond donors (Lipinski definition) is 1. The van der Waals surface area contributed by atoms with Crippen LogP contribution in [0.15, 0.2) is 42.5 Å². The summed E-state index contributed by atoms with van der Waals surface area (Å²) in [6.07, 6.45) is -4.66. The zero-order valence-electron chi connectivity index (χ0n) is 10.3. The largest absolute Gasteiger partial charge is 0.416 e. The highest BCUT2D eigenvalue weighted by Crippen LogP contribution is 2.30. The molecule has 2 nitrogen and oxygen atoms in total. The van der Waals surface area contributed by atoms with E-state index in [1.165, 1.54) is 12.1 Å². The average Bonchev–Trinajstić information content (AvgIpc) is 2.40. The summed E-state index contributed by atoms with van der Waals surface area (Å²) in [6.45, 7) is 0. The Hall–Kier alpha value is -2.08. The first-order valence-electron chi connectivity index (χ1n) is 5.71. The van der Waals surface area contributed by atoms with Crippen LogP contribution in [0.25, 0.3) is 0 Å². The first-order chi connectivity index (χ1) is 9.79. The molecule has 0 saturated heterocycles. The van der Waals surface area contributed by atoms with Crippen molar-refractivity contribution in [1.82, 2.24) is 0 Å². The van der Waals surface area contributed by atoms with Gasteiger partial charge in [0, 0.05) is 0 Å². The van der Waals surface area contributed by atoms with Gasteiger partial charge in [-0.25, -0.2) is 4.39 Å². The molecule has 0 spiro atoms. The van der Waals surface area contributed by atoms with E-state index < -0.39 is 29.0 Å². The van der Waals surface area contributed by atoms with Crippen LogP contribution in [0.3, 0.4) is 0 Å². The van der Waals surface area contributed by atoms with Crippen LogP contribution in [0.4, 0.5) is 23.2 Å². The van der Waals surface area contributed by atoms with Gasteiger partial charge in [-0.05, 0) is 30.3 Å². The van der Waals surface area contributed by atoms with Crippen LogP contribution in [0.1, 0.15) is 15.9 Å². The Morgan fingerprint density at radius 3 is 2.38 bits per heavy atom. The third-order valence-corrected chi connectivity index (χ3v) is 2.99. The fraction of sp³-hybridized carbons (Fsp3) is 0.0714. The zero-order chi connectivity index (χ0) is 15.6. The zero-order valence-corrected chi connectivity index (χ0v) is 11.1. The van der Waals surface area contributed by atoms with Crippen LogP contribution in [-0.2, 0) is 6.18 Å². The fourth-order valence-electron chi connectivity index (χ4n) is 1.63. The van der Waals surface area contributed by atoms with Gasteiger partial charge < -0.3 is 5.32 Å². The van der Waals surface area contributed by atoms with Crippen LogP contribution in [0, 0.1) is 5.82 Å². The van der Waals surface area contributed by atoms with Crippen molar-refractivity contribution >= 4 is 23.2 Å². The Balaban J connectivity index is 2.33. The van der Waals surface area contributed by atoms with Gasteiger partial charge in [0.1, 0.15) is 5.82 Å². The van der Waals surface area contributed by atoms with Crippen molar-refractivity contribution < 1.29 is 22.4 Å². The summed E-state index contributed by atoms with van der Waals surface area (Å²) in [5, 5.41) is 2.46. The summed E-state index contributed by atoms with van der Waals surface area (Å²) in [5.41, 5.74) is -1.63. The lowest BCUT2D eigenvalue weighted by Crippen LogP contribution is -2.16. The molecule has 1 amide bonds. The van der Waals surface area contributed by atoms with E-state index in [-0.39, 0.29) is 10.7 Å². The Bertz CT molecular complexity index is 685. The molecule has 0 radical (unpaired) electrons. The maximum atomic E-state index is 13.6. The maximum Gasteiger partial charge on any atom is 0.416 e.